The highest BCUT2D eigenvalue weighted by molar-refractivity contribution is 6.02. The van der Waals surface area contributed by atoms with Gasteiger partial charge in [0.05, 0.1) is 19.4 Å². The van der Waals surface area contributed by atoms with Gasteiger partial charge in [0.1, 0.15) is 23.6 Å². The van der Waals surface area contributed by atoms with Crippen LogP contribution in [-0.4, -0.2) is 53.8 Å². The number of aliphatic imine (C=N–C) groups is 1. The van der Waals surface area contributed by atoms with Crippen LogP contribution in [0.3, 0.4) is 0 Å². The van der Waals surface area contributed by atoms with E-state index in [-0.39, 0.29) is 12.1 Å². The van der Waals surface area contributed by atoms with E-state index in [1.165, 1.54) is 24.2 Å². The average molecular weight is 663 g/mol. The molecule has 1 N–H and O–H groups in total. The maximum Gasteiger partial charge on any atom is 0.352 e. The van der Waals surface area contributed by atoms with E-state index in [9.17, 15) is 19.5 Å². The second-order valence-electron chi connectivity index (χ2n) is 11.6. The predicted octanol–water partition coefficient (Wildman–Crippen LogP) is 8.04. The van der Waals surface area contributed by atoms with Crippen LogP contribution in [0.2, 0.25) is 0 Å². The smallest absolute Gasteiger partial charge is 0.352 e. The molecule has 4 aromatic rings. The number of carbonyl (C=O) groups is 3. The highest BCUT2D eigenvalue weighted by Crippen LogP contribution is 2.22. The molecule has 4 rings (SSSR count). The van der Waals surface area contributed by atoms with Crippen molar-refractivity contribution in [3.05, 3.63) is 119 Å². The molecule has 0 spiro atoms. The van der Waals surface area contributed by atoms with Gasteiger partial charge in [0.15, 0.2) is 5.75 Å². The van der Waals surface area contributed by atoms with Gasteiger partial charge < -0.3 is 24.2 Å². The van der Waals surface area contributed by atoms with Crippen molar-refractivity contribution in [2.45, 2.75) is 59.4 Å². The summed E-state index contributed by atoms with van der Waals surface area (Å²) >= 11 is 0. The van der Waals surface area contributed by atoms with Gasteiger partial charge in [-0.25, -0.2) is 4.79 Å². The van der Waals surface area contributed by atoms with E-state index in [0.29, 0.717) is 34.9 Å². The summed E-state index contributed by atoms with van der Waals surface area (Å²) in [6.45, 7) is 6.22. The third kappa shape index (κ3) is 11.0. The Kier molecular flexibility index (Phi) is 13.4. The van der Waals surface area contributed by atoms with Crippen molar-refractivity contribution in [1.29, 1.82) is 0 Å². The molecule has 0 saturated heterocycles. The van der Waals surface area contributed by atoms with Crippen molar-refractivity contribution in [3.8, 4) is 17.2 Å². The number of carbonyl (C=O) groups excluding carboxylic acids is 2. The van der Waals surface area contributed by atoms with E-state index >= 15 is 0 Å². The van der Waals surface area contributed by atoms with E-state index in [2.05, 4.69) is 19.1 Å². The molecule has 0 unspecified atom stereocenters. The lowest BCUT2D eigenvalue weighted by atomic mass is 10.0. The number of amides is 1. The highest BCUT2D eigenvalue weighted by Gasteiger charge is 2.19. The summed E-state index contributed by atoms with van der Waals surface area (Å²) in [5.41, 5.74) is 4.68. The summed E-state index contributed by atoms with van der Waals surface area (Å²) < 4.78 is 16.4. The maximum absolute atomic E-state index is 13.4. The molecular formula is C40H42N2O7. The number of unbranched alkanes of at least 4 members (excludes halogenated alkanes) is 4. The quantitative estimate of drug-likeness (QED) is 0.0527. The topological polar surface area (TPSA) is 115 Å². The molecular weight excluding hydrogens is 620 g/mol. The van der Waals surface area contributed by atoms with E-state index in [1.54, 1.807) is 67.8 Å². The number of rotatable bonds is 17. The Hall–Kier alpha value is -5.62. The van der Waals surface area contributed by atoms with Gasteiger partial charge in [-0.3, -0.25) is 14.6 Å². The van der Waals surface area contributed by atoms with Gasteiger partial charge in [0.25, 0.3) is 5.91 Å². The van der Waals surface area contributed by atoms with Crippen LogP contribution in [0, 0.1) is 19.1 Å². The second kappa shape index (κ2) is 18.1. The van der Waals surface area contributed by atoms with Crippen LogP contribution in [-0.2, 0) is 11.3 Å². The standard InChI is InChI=1S/C40H42N2O7/c1-5-6-7-8-9-24-48-34-20-14-32(15-21-34)40(46)49-35-18-10-30(11-19-35)26-42(27-38(43)44)39(45)31-12-16-33(17-13-31)41-29(3)37-23-22-36(47-4)25-28(37)2/h10-14,16-20,22-23,25H,5-9,24,26-27H2,1-4H3,(H,43,44). The van der Waals surface area contributed by atoms with Gasteiger partial charge in [-0.2, -0.15) is 0 Å². The Bertz CT molecular complexity index is 1730. The summed E-state index contributed by atoms with van der Waals surface area (Å²) in [6.07, 6.45) is 5.69. The number of hydrogen-bond acceptors (Lipinski definition) is 7. The number of aliphatic carboxylic acids is 1. The van der Waals surface area contributed by atoms with Crippen LogP contribution < -0.4 is 14.2 Å². The van der Waals surface area contributed by atoms with Gasteiger partial charge in [-0.15, -0.1) is 0 Å². The van der Waals surface area contributed by atoms with Crippen LogP contribution in [0.15, 0.2) is 83.9 Å². The molecule has 1 amide bonds. The van der Waals surface area contributed by atoms with Gasteiger partial charge in [0.2, 0.25) is 0 Å². The first-order valence-corrected chi connectivity index (χ1v) is 16.4. The Morgan fingerprint density at radius 3 is 2.20 bits per heavy atom. The lowest BCUT2D eigenvalue weighted by molar-refractivity contribution is -0.137. The fourth-order valence-corrected chi connectivity index (χ4v) is 5.15. The fourth-order valence-electron chi connectivity index (χ4n) is 5.15. The minimum absolute atomic E-state index is 0.0396. The molecule has 0 fully saturated rings. The van der Waals surface area contributed by atoms with Crippen molar-refractivity contribution < 1.29 is 33.7 Å². The van der Waals surface area contributed by atoms with Gasteiger partial charge >= 0.3 is 11.9 Å². The number of carboxylic acid groups (broad SMARTS) is 1. The first-order chi connectivity index (χ1) is 23.7. The molecule has 0 radical (unpaired) electrons. The molecule has 49 heavy (non-hydrogen) atoms. The zero-order valence-corrected chi connectivity index (χ0v) is 28.5. The minimum Gasteiger partial charge on any atom is -0.497 e. The Morgan fingerprint density at radius 2 is 1.57 bits per heavy atom. The average Bonchev–Trinajstić information content (AvgIpc) is 3.10. The van der Waals surface area contributed by atoms with Crippen molar-refractivity contribution in [1.82, 2.24) is 4.90 Å². The maximum atomic E-state index is 13.4. The van der Waals surface area contributed by atoms with Crippen molar-refractivity contribution in [2.75, 3.05) is 20.3 Å². The third-order valence-corrected chi connectivity index (χ3v) is 7.80. The molecule has 0 heterocycles. The molecule has 0 saturated carbocycles. The molecule has 254 valence electrons. The molecule has 4 aromatic carbocycles. The van der Waals surface area contributed by atoms with E-state index < -0.39 is 24.4 Å². The van der Waals surface area contributed by atoms with E-state index in [0.717, 1.165) is 35.4 Å². The minimum atomic E-state index is -1.14. The third-order valence-electron chi connectivity index (χ3n) is 7.80. The number of nitrogens with zero attached hydrogens (tertiary/aromatic N) is 2. The summed E-state index contributed by atoms with van der Waals surface area (Å²) in [7, 11) is 1.62. The molecule has 0 atom stereocenters. The molecule has 0 aliphatic rings. The number of hydrogen-bond donors (Lipinski definition) is 1. The number of carboxylic acids is 1. The zero-order valence-electron chi connectivity index (χ0n) is 28.5. The number of aryl methyl sites for hydroxylation is 1. The van der Waals surface area contributed by atoms with Crippen LogP contribution >= 0.6 is 0 Å². The van der Waals surface area contributed by atoms with Crippen LogP contribution in [0.1, 0.15) is 83.4 Å². The second-order valence-corrected chi connectivity index (χ2v) is 11.6. The van der Waals surface area contributed by atoms with Gasteiger partial charge in [0, 0.05) is 17.8 Å². The number of esters is 1. The largest absolute Gasteiger partial charge is 0.497 e. The monoisotopic (exact) mass is 662 g/mol. The normalized spacial score (nSPS) is 11.0. The molecule has 9 nitrogen and oxygen atoms in total. The first-order valence-electron chi connectivity index (χ1n) is 16.4. The number of benzene rings is 3. The summed E-state index contributed by atoms with van der Waals surface area (Å²) in [5, 5.41) is 9.52. The van der Waals surface area contributed by atoms with Gasteiger partial charge in [-0.05, 0) is 110 Å². The number of ether oxygens (including phenoxy) is 3. The zero-order chi connectivity index (χ0) is 35.2. The lowest BCUT2D eigenvalue weighted by Gasteiger charge is -2.21. The van der Waals surface area contributed by atoms with Crippen molar-refractivity contribution in [3.63, 3.8) is 0 Å². The summed E-state index contributed by atoms with van der Waals surface area (Å²) in [5.74, 6) is -0.585. The fraction of sp³-hybridized carbons (Fsp3) is 0.300. The Balaban J connectivity index is 1.34. The molecule has 0 aliphatic carbocycles. The van der Waals surface area contributed by atoms with Crippen LogP contribution in [0.4, 0.5) is 5.69 Å². The highest BCUT2D eigenvalue weighted by atomic mass is 16.5. The molecule has 0 aliphatic heterocycles. The molecule has 9 heteroatoms. The van der Waals surface area contributed by atoms with E-state index in [1.807, 2.05) is 32.0 Å². The van der Waals surface area contributed by atoms with Gasteiger partial charge in [-0.1, -0.05) is 50.8 Å². The van der Waals surface area contributed by atoms with E-state index in [4.69, 9.17) is 19.2 Å². The van der Waals surface area contributed by atoms with Crippen molar-refractivity contribution >= 4 is 29.2 Å². The number of methoxy groups -OCH3 is 1. The SMILES string of the molecule is CCCCCCCOc1c#cc(C(=O)Oc2ccc(CN(CC(=O)O)C(=O)c3ccc(N=C(C)c4ccc(OC)cc4C)cc3)cc2)cc1. The summed E-state index contributed by atoms with van der Waals surface area (Å²) in [4.78, 5) is 43.6. The van der Waals surface area contributed by atoms with Crippen LogP contribution in [0.5, 0.6) is 17.2 Å². The first kappa shape index (κ1) is 36.2. The molecule has 0 bridgehead atoms. The molecule has 0 aromatic heterocycles. The Morgan fingerprint density at radius 1 is 0.857 bits per heavy atom. The summed E-state index contributed by atoms with van der Waals surface area (Å²) in [6, 6.07) is 27.9. The van der Waals surface area contributed by atoms with Crippen LogP contribution in [0.25, 0.3) is 0 Å². The van der Waals surface area contributed by atoms with Crippen molar-refractivity contribution in [2.24, 2.45) is 4.99 Å². The lowest BCUT2D eigenvalue weighted by Crippen LogP contribution is -2.35. The Labute approximate surface area is 288 Å². The predicted molar refractivity (Wildman–Crippen MR) is 188 cm³/mol.